The molecule has 5 heteroatoms. The quantitative estimate of drug-likeness (QED) is 0.566. The third-order valence-corrected chi connectivity index (χ3v) is 8.14. The maximum absolute atomic E-state index is 14.0. The zero-order valence-corrected chi connectivity index (χ0v) is 21.0. The van der Waals surface area contributed by atoms with E-state index < -0.39 is 0 Å². The van der Waals surface area contributed by atoms with Gasteiger partial charge in [-0.15, -0.1) is 0 Å². The summed E-state index contributed by atoms with van der Waals surface area (Å²) in [6.45, 7) is 1.54. The molecule has 1 saturated carbocycles. The molecule has 0 bridgehead atoms. The number of amides is 2. The molecule has 5 rings (SSSR count). The average molecular weight is 475 g/mol. The molecule has 3 aliphatic rings. The number of carbonyl (C=O) groups is 2. The summed E-state index contributed by atoms with van der Waals surface area (Å²) in [5.41, 5.74) is 3.27. The molecule has 1 heterocycles. The van der Waals surface area contributed by atoms with Crippen LogP contribution in [0.4, 0.5) is 0 Å². The van der Waals surface area contributed by atoms with Gasteiger partial charge in [0.1, 0.15) is 11.9 Å². The van der Waals surface area contributed by atoms with Crippen molar-refractivity contribution in [2.75, 3.05) is 20.1 Å². The Balaban J connectivity index is 1.43. The Kier molecular flexibility index (Phi) is 7.40. The van der Waals surface area contributed by atoms with Gasteiger partial charge in [0.05, 0.1) is 11.6 Å². The van der Waals surface area contributed by atoms with Crippen LogP contribution in [0.5, 0.6) is 5.75 Å². The van der Waals surface area contributed by atoms with Gasteiger partial charge in [0, 0.05) is 26.1 Å². The van der Waals surface area contributed by atoms with Crippen LogP contribution in [0.3, 0.4) is 0 Å². The molecular formula is C30H38N2O3. The molecule has 5 nitrogen and oxygen atoms in total. The zero-order chi connectivity index (χ0) is 24.2. The molecule has 2 aliphatic carbocycles. The van der Waals surface area contributed by atoms with Crippen molar-refractivity contribution in [2.24, 2.45) is 5.92 Å². The predicted octanol–water partition coefficient (Wildman–Crippen LogP) is 5.27. The number of fused-ring (bicyclic) bond motifs is 3. The van der Waals surface area contributed by atoms with Crippen LogP contribution in [0, 0.1) is 5.92 Å². The van der Waals surface area contributed by atoms with Crippen molar-refractivity contribution in [3.05, 3.63) is 65.2 Å². The number of hydrogen-bond donors (Lipinski definition) is 0. The van der Waals surface area contributed by atoms with Crippen molar-refractivity contribution in [3.8, 4) is 5.75 Å². The SMILES string of the molecule is CN1CCCCCCN(C(=O)C2Cc3ccccc3C2)[C@@H]2CCCC[C@@H]2Oc2ccccc2C1=O. The number of rotatable bonds is 1. The number of benzene rings is 2. The fourth-order valence-electron chi connectivity index (χ4n) is 6.18. The lowest BCUT2D eigenvalue weighted by Gasteiger charge is -2.41. The van der Waals surface area contributed by atoms with E-state index in [1.54, 1.807) is 0 Å². The highest BCUT2D eigenvalue weighted by Gasteiger charge is 2.39. The van der Waals surface area contributed by atoms with Crippen molar-refractivity contribution in [3.63, 3.8) is 0 Å². The minimum absolute atomic E-state index is 0.0154. The van der Waals surface area contributed by atoms with Gasteiger partial charge in [-0.05, 0) is 68.2 Å². The summed E-state index contributed by atoms with van der Waals surface area (Å²) >= 11 is 0. The van der Waals surface area contributed by atoms with E-state index in [9.17, 15) is 9.59 Å². The molecule has 1 fully saturated rings. The van der Waals surface area contributed by atoms with Crippen LogP contribution in [0.15, 0.2) is 48.5 Å². The molecule has 0 N–H and O–H groups in total. The molecule has 1 aliphatic heterocycles. The first-order valence-corrected chi connectivity index (χ1v) is 13.5. The predicted molar refractivity (Wildman–Crippen MR) is 138 cm³/mol. The van der Waals surface area contributed by atoms with Crippen molar-refractivity contribution >= 4 is 11.8 Å². The summed E-state index contributed by atoms with van der Waals surface area (Å²) in [6.07, 6.45) is 9.80. The number of carbonyl (C=O) groups excluding carboxylic acids is 2. The van der Waals surface area contributed by atoms with Crippen LogP contribution in [0.1, 0.15) is 72.9 Å². The summed E-state index contributed by atoms with van der Waals surface area (Å²) in [7, 11) is 1.88. The highest BCUT2D eigenvalue weighted by Crippen LogP contribution is 2.34. The number of para-hydroxylation sites is 1. The zero-order valence-electron chi connectivity index (χ0n) is 21.0. The molecule has 186 valence electrons. The van der Waals surface area contributed by atoms with Crippen molar-refractivity contribution in [1.29, 1.82) is 0 Å². The highest BCUT2D eigenvalue weighted by molar-refractivity contribution is 5.96. The van der Waals surface area contributed by atoms with Crippen LogP contribution in [0.2, 0.25) is 0 Å². The Labute approximate surface area is 209 Å². The summed E-state index contributed by atoms with van der Waals surface area (Å²) in [5.74, 6) is 0.981. The monoisotopic (exact) mass is 474 g/mol. The van der Waals surface area contributed by atoms with Gasteiger partial charge in [0.2, 0.25) is 5.91 Å². The number of ether oxygens (including phenoxy) is 1. The molecule has 0 spiro atoms. The molecule has 2 aromatic rings. The third kappa shape index (κ3) is 5.24. The average Bonchev–Trinajstić information content (AvgIpc) is 3.32. The minimum atomic E-state index is -0.0846. The van der Waals surface area contributed by atoms with Crippen LogP contribution in [-0.2, 0) is 17.6 Å². The lowest BCUT2D eigenvalue weighted by molar-refractivity contribution is -0.141. The molecule has 2 atom stereocenters. The second-order valence-corrected chi connectivity index (χ2v) is 10.6. The maximum Gasteiger partial charge on any atom is 0.257 e. The summed E-state index contributed by atoms with van der Waals surface area (Å²) < 4.78 is 6.63. The van der Waals surface area contributed by atoms with Crippen molar-refractivity contribution in [2.45, 2.75) is 76.4 Å². The molecule has 0 aromatic heterocycles. The van der Waals surface area contributed by atoms with E-state index in [2.05, 4.69) is 29.2 Å². The van der Waals surface area contributed by atoms with E-state index in [0.717, 1.165) is 77.3 Å². The van der Waals surface area contributed by atoms with Crippen LogP contribution in [-0.4, -0.2) is 53.9 Å². The van der Waals surface area contributed by atoms with Gasteiger partial charge in [-0.25, -0.2) is 0 Å². The molecule has 2 aromatic carbocycles. The van der Waals surface area contributed by atoms with Gasteiger partial charge in [0.25, 0.3) is 5.91 Å². The van der Waals surface area contributed by atoms with Crippen molar-refractivity contribution < 1.29 is 14.3 Å². The lowest BCUT2D eigenvalue weighted by Crippen LogP contribution is -2.53. The van der Waals surface area contributed by atoms with Gasteiger partial charge in [-0.3, -0.25) is 9.59 Å². The van der Waals surface area contributed by atoms with E-state index in [-0.39, 0.29) is 29.9 Å². The van der Waals surface area contributed by atoms with Gasteiger partial charge in [-0.2, -0.15) is 0 Å². The van der Waals surface area contributed by atoms with Gasteiger partial charge in [-0.1, -0.05) is 55.7 Å². The minimum Gasteiger partial charge on any atom is -0.487 e. The maximum atomic E-state index is 14.0. The first-order valence-electron chi connectivity index (χ1n) is 13.5. The fraction of sp³-hybridized carbons (Fsp3) is 0.533. The Morgan fingerprint density at radius 2 is 1.49 bits per heavy atom. The van der Waals surface area contributed by atoms with E-state index in [1.165, 1.54) is 11.1 Å². The van der Waals surface area contributed by atoms with Crippen LogP contribution >= 0.6 is 0 Å². The summed E-state index contributed by atoms with van der Waals surface area (Å²) in [6, 6.07) is 16.2. The molecule has 2 amide bonds. The van der Waals surface area contributed by atoms with Crippen LogP contribution in [0.25, 0.3) is 0 Å². The van der Waals surface area contributed by atoms with Gasteiger partial charge < -0.3 is 14.5 Å². The van der Waals surface area contributed by atoms with Crippen molar-refractivity contribution in [1.82, 2.24) is 9.80 Å². The summed E-state index contributed by atoms with van der Waals surface area (Å²) in [5, 5.41) is 0. The fourth-order valence-corrected chi connectivity index (χ4v) is 6.18. The Bertz CT molecular complexity index is 1030. The van der Waals surface area contributed by atoms with E-state index in [1.807, 2.05) is 36.2 Å². The summed E-state index contributed by atoms with van der Waals surface area (Å²) in [4.78, 5) is 31.2. The molecular weight excluding hydrogens is 436 g/mol. The van der Waals surface area contributed by atoms with Gasteiger partial charge in [0.15, 0.2) is 0 Å². The lowest BCUT2D eigenvalue weighted by atomic mass is 9.89. The second-order valence-electron chi connectivity index (χ2n) is 10.6. The smallest absolute Gasteiger partial charge is 0.257 e. The largest absolute Gasteiger partial charge is 0.487 e. The first-order chi connectivity index (χ1) is 17.1. The Morgan fingerprint density at radius 3 is 2.26 bits per heavy atom. The van der Waals surface area contributed by atoms with E-state index >= 15 is 0 Å². The Morgan fingerprint density at radius 1 is 0.829 bits per heavy atom. The molecule has 0 radical (unpaired) electrons. The molecule has 0 saturated heterocycles. The third-order valence-electron chi connectivity index (χ3n) is 8.14. The van der Waals surface area contributed by atoms with E-state index in [4.69, 9.17) is 4.74 Å². The normalized spacial score (nSPS) is 24.1. The standard InChI is InChI=1S/C30H38N2O3/c1-31-18-10-2-3-11-19-32(29(33)24-20-22-12-4-5-13-23(22)21-24)26-15-7-9-17-28(26)35-27-16-8-6-14-25(27)30(31)34/h4-6,8,12-14,16,24,26,28H,2-3,7,9-11,15,17-21H2,1H3/t26-,28+/m1/s1. The Hall–Kier alpha value is -2.82. The first kappa shape index (κ1) is 23.9. The second kappa shape index (κ2) is 10.8. The topological polar surface area (TPSA) is 49.9 Å². The molecule has 0 unspecified atom stereocenters. The number of hydrogen-bond acceptors (Lipinski definition) is 3. The van der Waals surface area contributed by atoms with Crippen LogP contribution < -0.4 is 4.74 Å². The molecule has 35 heavy (non-hydrogen) atoms. The highest BCUT2D eigenvalue weighted by atomic mass is 16.5. The number of nitrogens with zero attached hydrogens (tertiary/aromatic N) is 2. The van der Waals surface area contributed by atoms with E-state index in [0.29, 0.717) is 11.3 Å². The van der Waals surface area contributed by atoms with Gasteiger partial charge >= 0.3 is 0 Å².